The molecule has 0 saturated carbocycles. The number of oxazole rings is 1. The Labute approximate surface area is 334 Å². The smallest absolute Gasteiger partial charge is 0.227 e. The molecule has 0 spiro atoms. The summed E-state index contributed by atoms with van der Waals surface area (Å²) in [6, 6.07) is 59.7. The van der Waals surface area contributed by atoms with Gasteiger partial charge in [-0.15, -0.1) is 0 Å². The Bertz CT molecular complexity index is 3490. The van der Waals surface area contributed by atoms with Gasteiger partial charge in [0.1, 0.15) is 5.52 Å². The normalized spacial score (nSPS) is 13.1. The van der Waals surface area contributed by atoms with Crippen LogP contribution >= 0.6 is 0 Å². The molecule has 1 aliphatic rings. The Morgan fingerprint density at radius 1 is 0.397 bits per heavy atom. The molecule has 5 heteroatoms. The van der Waals surface area contributed by atoms with Crippen molar-refractivity contribution in [2.75, 3.05) is 0 Å². The van der Waals surface area contributed by atoms with Gasteiger partial charge in [-0.2, -0.15) is 0 Å². The van der Waals surface area contributed by atoms with Gasteiger partial charge < -0.3 is 4.42 Å². The van der Waals surface area contributed by atoms with E-state index in [1.165, 1.54) is 22.3 Å². The van der Waals surface area contributed by atoms with Crippen LogP contribution in [0.2, 0.25) is 0 Å². The zero-order chi connectivity index (χ0) is 38.5. The highest BCUT2D eigenvalue weighted by atomic mass is 16.3. The molecule has 0 fully saturated rings. The summed E-state index contributed by atoms with van der Waals surface area (Å²) in [7, 11) is 0. The van der Waals surface area contributed by atoms with Crippen molar-refractivity contribution in [2.45, 2.75) is 19.3 Å². The Hall–Kier alpha value is -7.50. The summed E-state index contributed by atoms with van der Waals surface area (Å²) in [5, 5.41) is 8.89. The van der Waals surface area contributed by atoms with E-state index >= 15 is 0 Å². The van der Waals surface area contributed by atoms with Crippen LogP contribution in [0.4, 0.5) is 0 Å². The minimum absolute atomic E-state index is 0.0904. The molecule has 272 valence electrons. The van der Waals surface area contributed by atoms with E-state index in [9.17, 15) is 0 Å². The van der Waals surface area contributed by atoms with Crippen molar-refractivity contribution >= 4 is 54.2 Å². The van der Waals surface area contributed by atoms with Gasteiger partial charge in [0.15, 0.2) is 23.1 Å². The van der Waals surface area contributed by atoms with Crippen LogP contribution in [0.3, 0.4) is 0 Å². The lowest BCUT2D eigenvalue weighted by Crippen LogP contribution is -2.14. The van der Waals surface area contributed by atoms with E-state index in [-0.39, 0.29) is 5.41 Å². The zero-order valence-corrected chi connectivity index (χ0v) is 31.9. The minimum atomic E-state index is -0.0904. The van der Waals surface area contributed by atoms with Crippen LogP contribution in [0.1, 0.15) is 25.0 Å². The highest BCUT2D eigenvalue weighted by molar-refractivity contribution is 6.26. The maximum atomic E-state index is 6.58. The Morgan fingerprint density at radius 3 is 1.90 bits per heavy atom. The third-order valence-corrected chi connectivity index (χ3v) is 12.1. The predicted molar refractivity (Wildman–Crippen MR) is 237 cm³/mol. The van der Waals surface area contributed by atoms with Crippen LogP contribution in [0.5, 0.6) is 0 Å². The molecule has 58 heavy (non-hydrogen) atoms. The quantitative estimate of drug-likeness (QED) is 0.168. The number of rotatable bonds is 4. The van der Waals surface area contributed by atoms with Gasteiger partial charge in [0.25, 0.3) is 0 Å². The lowest BCUT2D eigenvalue weighted by Gasteiger charge is -2.21. The fraction of sp³-hybridized carbons (Fsp3) is 0.0566. The van der Waals surface area contributed by atoms with E-state index in [1.54, 1.807) is 0 Å². The average molecular weight is 743 g/mol. The Kier molecular flexibility index (Phi) is 6.91. The monoisotopic (exact) mass is 742 g/mol. The van der Waals surface area contributed by atoms with Crippen molar-refractivity contribution in [3.63, 3.8) is 0 Å². The minimum Gasteiger partial charge on any atom is -0.435 e. The molecule has 12 rings (SSSR count). The second kappa shape index (κ2) is 12.2. The first-order chi connectivity index (χ1) is 28.5. The maximum Gasteiger partial charge on any atom is 0.227 e. The third kappa shape index (κ3) is 4.90. The lowest BCUT2D eigenvalue weighted by atomic mass is 9.82. The van der Waals surface area contributed by atoms with E-state index in [0.717, 1.165) is 76.4 Å². The molecule has 2 heterocycles. The second-order valence-corrected chi connectivity index (χ2v) is 15.8. The van der Waals surface area contributed by atoms with Crippen LogP contribution in [-0.4, -0.2) is 19.9 Å². The van der Waals surface area contributed by atoms with Crippen molar-refractivity contribution in [1.82, 2.24) is 19.9 Å². The molecule has 11 aromatic rings. The van der Waals surface area contributed by atoms with Gasteiger partial charge in [-0.25, -0.2) is 19.9 Å². The predicted octanol–water partition coefficient (Wildman–Crippen LogP) is 13.6. The molecule has 0 N–H and O–H groups in total. The zero-order valence-electron chi connectivity index (χ0n) is 31.9. The van der Waals surface area contributed by atoms with E-state index in [2.05, 4.69) is 153 Å². The molecular weight excluding hydrogens is 709 g/mol. The molecule has 2 aromatic heterocycles. The van der Waals surface area contributed by atoms with Crippen molar-refractivity contribution < 1.29 is 4.42 Å². The van der Waals surface area contributed by atoms with Gasteiger partial charge in [0.05, 0.1) is 0 Å². The molecule has 5 nitrogen and oxygen atoms in total. The van der Waals surface area contributed by atoms with Crippen molar-refractivity contribution in [3.05, 3.63) is 181 Å². The average Bonchev–Trinajstić information content (AvgIpc) is 3.82. The number of benzene rings is 9. The summed E-state index contributed by atoms with van der Waals surface area (Å²) in [5.41, 5.74) is 10.5. The molecule has 0 aliphatic heterocycles. The first-order valence-electron chi connectivity index (χ1n) is 19.7. The molecule has 0 radical (unpaired) electrons. The number of hydrogen-bond acceptors (Lipinski definition) is 5. The highest BCUT2D eigenvalue weighted by Crippen LogP contribution is 2.49. The fourth-order valence-corrected chi connectivity index (χ4v) is 9.23. The first kappa shape index (κ1) is 32.7. The molecular formula is C53H34N4O. The number of fused-ring (bicyclic) bond motifs is 11. The molecule has 9 aromatic carbocycles. The van der Waals surface area contributed by atoms with Crippen LogP contribution in [0.25, 0.3) is 111 Å². The van der Waals surface area contributed by atoms with Crippen LogP contribution in [-0.2, 0) is 5.41 Å². The van der Waals surface area contributed by atoms with Gasteiger partial charge in [0.2, 0.25) is 5.89 Å². The van der Waals surface area contributed by atoms with Gasteiger partial charge in [-0.1, -0.05) is 153 Å². The van der Waals surface area contributed by atoms with Crippen molar-refractivity contribution in [2.24, 2.45) is 0 Å². The van der Waals surface area contributed by atoms with E-state index in [4.69, 9.17) is 24.4 Å². The van der Waals surface area contributed by atoms with E-state index < -0.39 is 0 Å². The molecule has 0 unspecified atom stereocenters. The van der Waals surface area contributed by atoms with Crippen LogP contribution < -0.4 is 0 Å². The number of aromatic nitrogens is 4. The van der Waals surface area contributed by atoms with E-state index in [0.29, 0.717) is 23.4 Å². The maximum absolute atomic E-state index is 6.58. The molecule has 0 bridgehead atoms. The van der Waals surface area contributed by atoms with Gasteiger partial charge in [-0.3, -0.25) is 0 Å². The van der Waals surface area contributed by atoms with Gasteiger partial charge in [0, 0.05) is 38.4 Å². The van der Waals surface area contributed by atoms with E-state index in [1.807, 2.05) is 30.3 Å². The summed E-state index contributed by atoms with van der Waals surface area (Å²) in [6.45, 7) is 4.61. The van der Waals surface area contributed by atoms with Crippen LogP contribution in [0.15, 0.2) is 174 Å². The summed E-state index contributed by atoms with van der Waals surface area (Å²) in [5.74, 6) is 2.53. The van der Waals surface area contributed by atoms with Crippen LogP contribution in [0, 0.1) is 0 Å². The second-order valence-electron chi connectivity index (χ2n) is 15.8. The summed E-state index contributed by atoms with van der Waals surface area (Å²) < 4.78 is 6.58. The number of nitrogens with zero attached hydrogens (tertiary/aromatic N) is 4. The topological polar surface area (TPSA) is 64.7 Å². The highest BCUT2D eigenvalue weighted by Gasteiger charge is 2.35. The SMILES string of the molecule is CC1(C)c2ccccc2-c2cc(-c3nc(-c4ccc5c(ccc6ccc7ccc8nc(-c9ccccc9)oc8c7c65)c4)nc(-c4cccc5ccccc45)n3)ccc21. The van der Waals surface area contributed by atoms with Gasteiger partial charge in [-0.05, 0) is 84.9 Å². The molecule has 1 aliphatic carbocycles. The van der Waals surface area contributed by atoms with Crippen molar-refractivity contribution in [1.29, 1.82) is 0 Å². The standard InChI is InChI=1S/C53H34N4O/c1-53(2)43-18-9-8-16-40(43)42-30-37(24-27-44(42)53)50-55-49(56-51(57-50)41-17-10-14-31-11-6-7-15-38(31)41)36-23-26-39-35(29-36)22-21-32-19-20-33-25-28-45-48(47(33)46(32)39)58-52(54-45)34-12-4-3-5-13-34/h3-30H,1-2H3. The third-order valence-electron chi connectivity index (χ3n) is 12.1. The Balaban J connectivity index is 1.06. The summed E-state index contributed by atoms with van der Waals surface area (Å²) in [4.78, 5) is 20.6. The molecule has 0 amide bonds. The number of hydrogen-bond donors (Lipinski definition) is 0. The van der Waals surface area contributed by atoms with Crippen molar-refractivity contribution in [3.8, 4) is 56.7 Å². The van der Waals surface area contributed by atoms with Gasteiger partial charge >= 0.3 is 0 Å². The largest absolute Gasteiger partial charge is 0.435 e. The fourth-order valence-electron chi connectivity index (χ4n) is 9.23. The summed E-state index contributed by atoms with van der Waals surface area (Å²) >= 11 is 0. The molecule has 0 atom stereocenters. The molecule has 0 saturated heterocycles. The first-order valence-corrected chi connectivity index (χ1v) is 19.7. The Morgan fingerprint density at radius 2 is 1.03 bits per heavy atom. The lowest BCUT2D eigenvalue weighted by molar-refractivity contribution is 0.623. The summed E-state index contributed by atoms with van der Waals surface area (Å²) in [6.07, 6.45) is 0.